The number of ether oxygens (including phenoxy) is 1. The molecule has 1 fully saturated rings. The summed E-state index contributed by atoms with van der Waals surface area (Å²) < 4.78 is 5.74. The van der Waals surface area contributed by atoms with Crippen molar-refractivity contribution in [2.75, 3.05) is 26.7 Å². The summed E-state index contributed by atoms with van der Waals surface area (Å²) in [6.07, 6.45) is 2.70. The molecule has 2 aliphatic rings. The van der Waals surface area contributed by atoms with E-state index in [4.69, 9.17) is 10.5 Å². The van der Waals surface area contributed by atoms with Crippen LogP contribution in [-0.4, -0.2) is 37.7 Å². The molecule has 2 unspecified atom stereocenters. The molecule has 0 amide bonds. The van der Waals surface area contributed by atoms with Gasteiger partial charge in [-0.25, -0.2) is 0 Å². The molecule has 1 aliphatic heterocycles. The number of rotatable bonds is 5. The van der Waals surface area contributed by atoms with E-state index in [0.29, 0.717) is 12.0 Å². The van der Waals surface area contributed by atoms with Crippen LogP contribution in [0.15, 0.2) is 24.3 Å². The third-order valence-electron chi connectivity index (χ3n) is 4.28. The molecule has 1 aromatic carbocycles. The third kappa shape index (κ3) is 2.25. The van der Waals surface area contributed by atoms with Crippen LogP contribution in [0.25, 0.3) is 0 Å². The normalized spacial score (nSPS) is 23.8. The number of hydrogen-bond acceptors (Lipinski definition) is 3. The molecule has 3 rings (SSSR count). The minimum Gasteiger partial charge on any atom is -0.493 e. The van der Waals surface area contributed by atoms with Crippen molar-refractivity contribution >= 4 is 0 Å². The number of fused-ring (bicyclic) bond motifs is 1. The second kappa shape index (κ2) is 4.90. The summed E-state index contributed by atoms with van der Waals surface area (Å²) >= 11 is 0. The molecule has 2 atom stereocenters. The highest BCUT2D eigenvalue weighted by molar-refractivity contribution is 5.39. The van der Waals surface area contributed by atoms with Crippen LogP contribution in [0.1, 0.15) is 24.3 Å². The summed E-state index contributed by atoms with van der Waals surface area (Å²) in [6, 6.07) is 8.95. The summed E-state index contributed by atoms with van der Waals surface area (Å²) in [6.45, 7) is 2.64. The lowest BCUT2D eigenvalue weighted by Gasteiger charge is -2.29. The highest BCUT2D eigenvalue weighted by atomic mass is 16.5. The number of likely N-dealkylation sites (N-methyl/N-ethyl adjacent to an activating group) is 1. The van der Waals surface area contributed by atoms with Gasteiger partial charge in [-0.15, -0.1) is 0 Å². The molecule has 3 heteroatoms. The fourth-order valence-electron chi connectivity index (χ4n) is 3.08. The molecule has 0 aromatic heterocycles. The largest absolute Gasteiger partial charge is 0.493 e. The molecule has 0 saturated heterocycles. The molecule has 0 bridgehead atoms. The molecule has 2 N–H and O–H groups in total. The molecule has 1 saturated carbocycles. The molecule has 1 aliphatic carbocycles. The lowest BCUT2D eigenvalue weighted by atomic mass is 9.99. The smallest absolute Gasteiger partial charge is 0.122 e. The van der Waals surface area contributed by atoms with Crippen LogP contribution in [-0.2, 0) is 0 Å². The van der Waals surface area contributed by atoms with Crippen molar-refractivity contribution in [2.24, 2.45) is 11.7 Å². The first-order chi connectivity index (χ1) is 8.79. The van der Waals surface area contributed by atoms with E-state index in [1.54, 1.807) is 0 Å². The summed E-state index contributed by atoms with van der Waals surface area (Å²) in [4.78, 5) is 2.44. The van der Waals surface area contributed by atoms with Gasteiger partial charge in [0.2, 0.25) is 0 Å². The topological polar surface area (TPSA) is 38.5 Å². The maximum atomic E-state index is 5.91. The maximum absolute atomic E-state index is 5.91. The lowest BCUT2D eigenvalue weighted by Crippen LogP contribution is -2.41. The van der Waals surface area contributed by atoms with Crippen molar-refractivity contribution in [3.05, 3.63) is 29.8 Å². The number of nitrogens with two attached hydrogens (primary N) is 1. The SMILES string of the molecule is CN(CC1COc2ccccc21)C(CN)C1CC1. The Hall–Kier alpha value is -1.06. The van der Waals surface area contributed by atoms with Crippen LogP contribution in [0.4, 0.5) is 0 Å². The van der Waals surface area contributed by atoms with E-state index >= 15 is 0 Å². The fraction of sp³-hybridized carbons (Fsp3) is 0.600. The molecule has 3 nitrogen and oxygen atoms in total. The molecule has 1 heterocycles. The minimum absolute atomic E-state index is 0.499. The highest BCUT2D eigenvalue weighted by Crippen LogP contribution is 2.37. The van der Waals surface area contributed by atoms with E-state index in [1.807, 2.05) is 6.07 Å². The van der Waals surface area contributed by atoms with E-state index in [-0.39, 0.29) is 0 Å². The Morgan fingerprint density at radius 1 is 1.39 bits per heavy atom. The Morgan fingerprint density at radius 3 is 2.89 bits per heavy atom. The third-order valence-corrected chi connectivity index (χ3v) is 4.28. The van der Waals surface area contributed by atoms with Gasteiger partial charge in [0, 0.05) is 30.6 Å². The zero-order valence-electron chi connectivity index (χ0n) is 11.0. The average Bonchev–Trinajstić information content (AvgIpc) is 3.13. The van der Waals surface area contributed by atoms with Gasteiger partial charge in [0.15, 0.2) is 0 Å². The predicted octanol–water partition coefficient (Wildman–Crippen LogP) is 1.83. The first-order valence-electron chi connectivity index (χ1n) is 6.91. The Balaban J connectivity index is 1.66. The van der Waals surface area contributed by atoms with Crippen LogP contribution in [0.3, 0.4) is 0 Å². The molecule has 0 spiro atoms. The monoisotopic (exact) mass is 246 g/mol. The number of para-hydroxylation sites is 1. The van der Waals surface area contributed by atoms with Crippen molar-refractivity contribution < 1.29 is 4.74 Å². The minimum atomic E-state index is 0.499. The average molecular weight is 246 g/mol. The summed E-state index contributed by atoms with van der Waals surface area (Å²) in [5.41, 5.74) is 7.27. The molecule has 1 aromatic rings. The number of hydrogen-bond donors (Lipinski definition) is 1. The van der Waals surface area contributed by atoms with Gasteiger partial charge in [0.1, 0.15) is 5.75 Å². The van der Waals surface area contributed by atoms with E-state index in [9.17, 15) is 0 Å². The Bertz CT molecular complexity index is 417. The second-order valence-electron chi connectivity index (χ2n) is 5.63. The van der Waals surface area contributed by atoms with Crippen LogP contribution < -0.4 is 10.5 Å². The lowest BCUT2D eigenvalue weighted by molar-refractivity contribution is 0.197. The van der Waals surface area contributed by atoms with Crippen molar-refractivity contribution in [3.8, 4) is 5.75 Å². The van der Waals surface area contributed by atoms with Crippen molar-refractivity contribution in [1.29, 1.82) is 0 Å². The highest BCUT2D eigenvalue weighted by Gasteiger charge is 2.34. The van der Waals surface area contributed by atoms with Gasteiger partial charge >= 0.3 is 0 Å². The molecular formula is C15H22N2O. The Kier molecular flexibility index (Phi) is 3.27. The van der Waals surface area contributed by atoms with E-state index < -0.39 is 0 Å². The van der Waals surface area contributed by atoms with E-state index in [1.165, 1.54) is 18.4 Å². The van der Waals surface area contributed by atoms with Crippen molar-refractivity contribution in [3.63, 3.8) is 0 Å². The van der Waals surface area contributed by atoms with Crippen molar-refractivity contribution in [1.82, 2.24) is 4.90 Å². The number of benzene rings is 1. The van der Waals surface area contributed by atoms with Gasteiger partial charge < -0.3 is 15.4 Å². The standard InChI is InChI=1S/C15H22N2O/c1-17(14(8-16)11-6-7-11)9-12-10-18-15-5-3-2-4-13(12)15/h2-5,11-12,14H,6-10,16H2,1H3. The van der Waals surface area contributed by atoms with Gasteiger partial charge in [-0.05, 0) is 31.9 Å². The van der Waals surface area contributed by atoms with Crippen LogP contribution in [0.2, 0.25) is 0 Å². The van der Waals surface area contributed by atoms with Gasteiger partial charge in [0.05, 0.1) is 6.61 Å². The quantitative estimate of drug-likeness (QED) is 0.861. The summed E-state index contributed by atoms with van der Waals surface area (Å²) in [7, 11) is 2.21. The Labute approximate surface area is 109 Å². The fourth-order valence-corrected chi connectivity index (χ4v) is 3.08. The summed E-state index contributed by atoms with van der Waals surface area (Å²) in [5.74, 6) is 2.39. The van der Waals surface area contributed by atoms with Gasteiger partial charge in [-0.3, -0.25) is 0 Å². The Morgan fingerprint density at radius 2 is 2.17 bits per heavy atom. The van der Waals surface area contributed by atoms with Crippen LogP contribution >= 0.6 is 0 Å². The first kappa shape index (κ1) is 12.0. The second-order valence-corrected chi connectivity index (χ2v) is 5.63. The van der Waals surface area contributed by atoms with Crippen LogP contribution in [0, 0.1) is 5.92 Å². The van der Waals surface area contributed by atoms with E-state index in [2.05, 4.69) is 30.1 Å². The first-order valence-corrected chi connectivity index (χ1v) is 6.91. The predicted molar refractivity (Wildman–Crippen MR) is 72.9 cm³/mol. The molecule has 98 valence electrons. The van der Waals surface area contributed by atoms with E-state index in [0.717, 1.165) is 31.4 Å². The van der Waals surface area contributed by atoms with Gasteiger partial charge in [-0.1, -0.05) is 18.2 Å². The van der Waals surface area contributed by atoms with Gasteiger partial charge in [0.25, 0.3) is 0 Å². The maximum Gasteiger partial charge on any atom is 0.122 e. The van der Waals surface area contributed by atoms with Crippen LogP contribution in [0.5, 0.6) is 5.75 Å². The molecule has 0 radical (unpaired) electrons. The summed E-state index contributed by atoms with van der Waals surface area (Å²) in [5, 5.41) is 0. The zero-order chi connectivity index (χ0) is 12.5. The van der Waals surface area contributed by atoms with Crippen molar-refractivity contribution in [2.45, 2.75) is 24.8 Å². The molecular weight excluding hydrogens is 224 g/mol. The molecule has 18 heavy (non-hydrogen) atoms. The number of nitrogens with zero attached hydrogens (tertiary/aromatic N) is 1. The van der Waals surface area contributed by atoms with Gasteiger partial charge in [-0.2, -0.15) is 0 Å². The zero-order valence-corrected chi connectivity index (χ0v) is 11.0.